The van der Waals surface area contributed by atoms with E-state index in [0.29, 0.717) is 12.8 Å². The Kier molecular flexibility index (Phi) is 15.9. The molecule has 94 valence electrons. The molecule has 1 unspecified atom stereocenters. The molecule has 0 aromatic heterocycles. The van der Waals surface area contributed by atoms with Gasteiger partial charge in [-0.3, -0.25) is 0 Å². The summed E-state index contributed by atoms with van der Waals surface area (Å²) in [6.07, 6.45) is 3.72. The summed E-state index contributed by atoms with van der Waals surface area (Å²) in [5.41, 5.74) is 0. The van der Waals surface area contributed by atoms with Gasteiger partial charge in [0.2, 0.25) is 0 Å². The molecule has 0 spiro atoms. The average Bonchev–Trinajstić information content (AvgIpc) is 2.19. The van der Waals surface area contributed by atoms with E-state index in [2.05, 4.69) is 6.92 Å². The van der Waals surface area contributed by atoms with E-state index in [0.717, 1.165) is 25.7 Å². The Bertz CT molecular complexity index is 107. The van der Waals surface area contributed by atoms with Crippen molar-refractivity contribution in [2.24, 2.45) is 0 Å². The Morgan fingerprint density at radius 2 is 1.47 bits per heavy atom. The molecule has 15 heavy (non-hydrogen) atoms. The molecule has 1 atom stereocenters. The third-order valence-corrected chi connectivity index (χ3v) is 1.90. The first-order chi connectivity index (χ1) is 7.08. The van der Waals surface area contributed by atoms with E-state index in [1.807, 2.05) is 6.92 Å². The lowest BCUT2D eigenvalue weighted by atomic mass is 10.2. The largest absolute Gasteiger partial charge is 0.394 e. The minimum absolute atomic E-state index is 0.103. The van der Waals surface area contributed by atoms with Crippen molar-refractivity contribution in [1.82, 2.24) is 0 Å². The highest BCUT2D eigenvalue weighted by Gasteiger charge is 1.96. The van der Waals surface area contributed by atoms with Crippen LogP contribution in [0, 0.1) is 0 Å². The molecule has 0 aromatic rings. The van der Waals surface area contributed by atoms with Crippen molar-refractivity contribution in [3.8, 4) is 0 Å². The van der Waals surface area contributed by atoms with Crippen LogP contribution in [-0.4, -0.2) is 39.4 Å². The molecule has 0 rings (SSSR count). The van der Waals surface area contributed by atoms with E-state index in [1.165, 1.54) is 0 Å². The Hall–Kier alpha value is -0.160. The van der Waals surface area contributed by atoms with Crippen LogP contribution in [0.3, 0.4) is 0 Å². The summed E-state index contributed by atoms with van der Waals surface area (Å²) >= 11 is 0. The fourth-order valence-electron chi connectivity index (χ4n) is 1.00. The zero-order valence-corrected chi connectivity index (χ0v) is 9.89. The smallest absolute Gasteiger partial charge is 0.151 e. The van der Waals surface area contributed by atoms with Gasteiger partial charge in [-0.1, -0.05) is 33.1 Å². The van der Waals surface area contributed by atoms with Crippen LogP contribution in [0.1, 0.15) is 52.4 Å². The molecule has 0 bridgehead atoms. The summed E-state index contributed by atoms with van der Waals surface area (Å²) in [7, 11) is 0. The normalized spacial score (nSPS) is 12.2. The molecule has 0 heterocycles. The number of aliphatic hydroxyl groups excluding tert-OH is 3. The van der Waals surface area contributed by atoms with Crippen molar-refractivity contribution in [2.45, 2.75) is 64.8 Å². The molecule has 4 nitrogen and oxygen atoms in total. The van der Waals surface area contributed by atoms with Crippen LogP contribution in [-0.2, 0) is 0 Å². The highest BCUT2D eigenvalue weighted by atomic mass is 16.5. The molecule has 0 radical (unpaired) electrons. The Morgan fingerprint density at radius 3 is 1.73 bits per heavy atom. The van der Waals surface area contributed by atoms with Gasteiger partial charge in [0, 0.05) is 0 Å². The predicted octanol–water partition coefficient (Wildman–Crippen LogP) is 1.02. The maximum Gasteiger partial charge on any atom is 0.151 e. The first kappa shape index (κ1) is 17.2. The summed E-state index contributed by atoms with van der Waals surface area (Å²) < 4.78 is 0. The third kappa shape index (κ3) is 20.0. The van der Waals surface area contributed by atoms with Gasteiger partial charge in [0.05, 0.1) is 12.7 Å². The quantitative estimate of drug-likeness (QED) is 0.383. The van der Waals surface area contributed by atoms with Crippen molar-refractivity contribution < 1.29 is 20.4 Å². The zero-order chi connectivity index (χ0) is 12.1. The van der Waals surface area contributed by atoms with Crippen LogP contribution in [0.5, 0.6) is 0 Å². The molecule has 0 saturated carbocycles. The Morgan fingerprint density at radius 1 is 0.867 bits per heavy atom. The van der Waals surface area contributed by atoms with Gasteiger partial charge in [-0.25, -0.2) is 0 Å². The Labute approximate surface area is 92.6 Å². The summed E-state index contributed by atoms with van der Waals surface area (Å²) in [5.74, 6) is 0. The topological polar surface area (TPSA) is 80.9 Å². The van der Waals surface area contributed by atoms with Crippen molar-refractivity contribution in [3.05, 3.63) is 0 Å². The number of hydrogen-bond donors (Lipinski definition) is 4. The predicted molar refractivity (Wildman–Crippen MR) is 60.4 cm³/mol. The first-order valence-electron chi connectivity index (χ1n) is 5.73. The standard InChI is InChI=1S/C6H14O2.C5H12O2/c1-2-3-4-5-6(7)8;1-2-3-5(7)4-6/h6-8H,2-5H2,1H3;5-7H,2-4H2,1H3. The molecule has 4 N–H and O–H groups in total. The van der Waals surface area contributed by atoms with E-state index in [4.69, 9.17) is 20.4 Å². The summed E-state index contributed by atoms with van der Waals surface area (Å²) in [6.45, 7) is 3.95. The van der Waals surface area contributed by atoms with Crippen LogP contribution < -0.4 is 0 Å². The number of aliphatic hydroxyl groups is 4. The highest BCUT2D eigenvalue weighted by molar-refractivity contribution is 4.48. The van der Waals surface area contributed by atoms with Gasteiger partial charge in [-0.05, 0) is 19.3 Å². The number of rotatable bonds is 7. The fraction of sp³-hybridized carbons (Fsp3) is 1.00. The second kappa shape index (κ2) is 13.8. The van der Waals surface area contributed by atoms with E-state index < -0.39 is 12.4 Å². The van der Waals surface area contributed by atoms with Gasteiger partial charge in [-0.15, -0.1) is 0 Å². The second-order valence-corrected chi connectivity index (χ2v) is 3.60. The van der Waals surface area contributed by atoms with Crippen LogP contribution in [0.15, 0.2) is 0 Å². The molecular formula is C11H26O4. The lowest BCUT2D eigenvalue weighted by Crippen LogP contribution is -2.10. The maximum absolute atomic E-state index is 8.61. The monoisotopic (exact) mass is 222 g/mol. The average molecular weight is 222 g/mol. The van der Waals surface area contributed by atoms with Crippen molar-refractivity contribution >= 4 is 0 Å². The van der Waals surface area contributed by atoms with Gasteiger partial charge in [0.1, 0.15) is 0 Å². The zero-order valence-electron chi connectivity index (χ0n) is 9.89. The molecule has 0 aliphatic heterocycles. The molecular weight excluding hydrogens is 196 g/mol. The number of hydrogen-bond acceptors (Lipinski definition) is 4. The summed E-state index contributed by atoms with van der Waals surface area (Å²) in [6, 6.07) is 0. The first-order valence-corrected chi connectivity index (χ1v) is 5.73. The Balaban J connectivity index is 0. The highest BCUT2D eigenvalue weighted by Crippen LogP contribution is 1.99. The van der Waals surface area contributed by atoms with Gasteiger partial charge < -0.3 is 20.4 Å². The minimum Gasteiger partial charge on any atom is -0.394 e. The minimum atomic E-state index is -1.10. The van der Waals surface area contributed by atoms with Crippen LogP contribution in [0.4, 0.5) is 0 Å². The van der Waals surface area contributed by atoms with Crippen LogP contribution in [0.2, 0.25) is 0 Å². The maximum atomic E-state index is 8.61. The van der Waals surface area contributed by atoms with Crippen LogP contribution >= 0.6 is 0 Å². The van der Waals surface area contributed by atoms with Gasteiger partial charge in [0.15, 0.2) is 6.29 Å². The van der Waals surface area contributed by atoms with Crippen molar-refractivity contribution in [3.63, 3.8) is 0 Å². The molecule has 0 fully saturated rings. The van der Waals surface area contributed by atoms with E-state index >= 15 is 0 Å². The molecule has 0 amide bonds. The lowest BCUT2D eigenvalue weighted by Gasteiger charge is -2.01. The second-order valence-electron chi connectivity index (χ2n) is 3.60. The SMILES string of the molecule is CCCC(O)CO.CCCCCC(O)O. The number of unbranched alkanes of at least 4 members (excludes halogenated alkanes) is 2. The van der Waals surface area contributed by atoms with Gasteiger partial charge in [0.25, 0.3) is 0 Å². The molecule has 0 aromatic carbocycles. The van der Waals surface area contributed by atoms with Crippen LogP contribution in [0.25, 0.3) is 0 Å². The summed E-state index contributed by atoms with van der Waals surface area (Å²) in [4.78, 5) is 0. The van der Waals surface area contributed by atoms with E-state index in [1.54, 1.807) is 0 Å². The van der Waals surface area contributed by atoms with Crippen molar-refractivity contribution in [1.29, 1.82) is 0 Å². The van der Waals surface area contributed by atoms with E-state index in [-0.39, 0.29) is 6.61 Å². The van der Waals surface area contributed by atoms with Gasteiger partial charge >= 0.3 is 0 Å². The summed E-state index contributed by atoms with van der Waals surface area (Å²) in [5, 5.41) is 33.5. The van der Waals surface area contributed by atoms with E-state index in [9.17, 15) is 0 Å². The fourth-order valence-corrected chi connectivity index (χ4v) is 1.00. The van der Waals surface area contributed by atoms with Crippen molar-refractivity contribution in [2.75, 3.05) is 6.61 Å². The molecule has 0 saturated heterocycles. The third-order valence-electron chi connectivity index (χ3n) is 1.90. The van der Waals surface area contributed by atoms with Gasteiger partial charge in [-0.2, -0.15) is 0 Å². The lowest BCUT2D eigenvalue weighted by molar-refractivity contribution is -0.0465. The molecule has 0 aliphatic rings. The molecule has 4 heteroatoms. The molecule has 0 aliphatic carbocycles.